The number of aliphatic hydroxyl groups is 1. The van der Waals surface area contributed by atoms with Crippen LogP contribution in [0.5, 0.6) is 0 Å². The molecule has 0 fully saturated rings. The minimum Gasteiger partial charge on any atom is -0.389 e. The molecule has 0 aliphatic heterocycles. The van der Waals surface area contributed by atoms with E-state index in [1.54, 1.807) is 0 Å². The molecule has 0 bridgehead atoms. The summed E-state index contributed by atoms with van der Waals surface area (Å²) in [5.74, 6) is 2.60. The van der Waals surface area contributed by atoms with Crippen LogP contribution in [0, 0.1) is 12.3 Å². The van der Waals surface area contributed by atoms with Crippen LogP contribution < -0.4 is 0 Å². The van der Waals surface area contributed by atoms with Crippen LogP contribution in [0.1, 0.15) is 40.0 Å². The third-order valence-corrected chi connectivity index (χ3v) is 2.05. The van der Waals surface area contributed by atoms with E-state index in [1.165, 1.54) is 0 Å². The first-order valence-corrected chi connectivity index (χ1v) is 4.60. The summed E-state index contributed by atoms with van der Waals surface area (Å²) >= 11 is 0. The highest BCUT2D eigenvalue weighted by molar-refractivity contribution is 5.33. The molecule has 68 valence electrons. The Kier molecular flexibility index (Phi) is 5.49. The predicted octanol–water partition coefficient (Wildman–Crippen LogP) is 2.51. The molecular weight excluding hydrogens is 148 g/mol. The molecule has 0 aromatic rings. The summed E-state index contributed by atoms with van der Waals surface area (Å²) in [5, 5.41) is 9.33. The van der Waals surface area contributed by atoms with E-state index in [0.717, 1.165) is 30.4 Å². The lowest BCUT2D eigenvalue weighted by atomic mass is 9.91. The summed E-state index contributed by atoms with van der Waals surface area (Å²) < 4.78 is 0. The van der Waals surface area contributed by atoms with Crippen molar-refractivity contribution in [2.75, 3.05) is 0 Å². The maximum absolute atomic E-state index is 9.33. The van der Waals surface area contributed by atoms with Crippen molar-refractivity contribution in [3.63, 3.8) is 0 Å². The van der Waals surface area contributed by atoms with Gasteiger partial charge in [0.1, 0.15) is 0 Å². The highest BCUT2D eigenvalue weighted by Gasteiger charge is 2.15. The molecule has 1 aliphatic carbocycles. The number of aliphatic hydroxyl groups excluding tert-OH is 1. The molecule has 0 amide bonds. The first-order chi connectivity index (χ1) is 5.75. The van der Waals surface area contributed by atoms with E-state index >= 15 is 0 Å². The van der Waals surface area contributed by atoms with E-state index in [0.29, 0.717) is 0 Å². The predicted molar refractivity (Wildman–Crippen MR) is 52.7 cm³/mol. The van der Waals surface area contributed by atoms with Crippen LogP contribution in [0.4, 0.5) is 0 Å². The first-order valence-electron chi connectivity index (χ1n) is 4.60. The maximum atomic E-state index is 9.33. The zero-order valence-electron chi connectivity index (χ0n) is 8.22. The minimum atomic E-state index is -0.278. The van der Waals surface area contributed by atoms with Gasteiger partial charge in [0.15, 0.2) is 0 Å². The average molecular weight is 166 g/mol. The van der Waals surface area contributed by atoms with Gasteiger partial charge in [-0.25, -0.2) is 0 Å². The van der Waals surface area contributed by atoms with Gasteiger partial charge in [-0.1, -0.05) is 19.8 Å². The van der Waals surface area contributed by atoms with Gasteiger partial charge >= 0.3 is 0 Å². The Balaban J connectivity index is 0.000000561. The summed E-state index contributed by atoms with van der Waals surface area (Å²) in [6.07, 6.45) is 7.83. The van der Waals surface area contributed by atoms with Gasteiger partial charge in [-0.3, -0.25) is 0 Å². The summed E-state index contributed by atoms with van der Waals surface area (Å²) in [7, 11) is 0. The van der Waals surface area contributed by atoms with Crippen molar-refractivity contribution < 1.29 is 5.11 Å². The number of hydrogen-bond acceptors (Lipinski definition) is 1. The fourth-order valence-corrected chi connectivity index (χ4v) is 1.27. The third-order valence-electron chi connectivity index (χ3n) is 2.05. The van der Waals surface area contributed by atoms with Crippen molar-refractivity contribution in [1.29, 1.82) is 0 Å². The molecule has 1 heteroatoms. The van der Waals surface area contributed by atoms with E-state index < -0.39 is 0 Å². The fraction of sp³-hybridized carbons (Fsp3) is 0.636. The van der Waals surface area contributed by atoms with Crippen molar-refractivity contribution in [3.05, 3.63) is 11.1 Å². The second kappa shape index (κ2) is 5.85. The summed E-state index contributed by atoms with van der Waals surface area (Å²) in [6, 6.07) is 0. The molecule has 0 aromatic heterocycles. The molecule has 1 nitrogen and oxygen atoms in total. The lowest BCUT2D eigenvalue weighted by Crippen LogP contribution is -2.14. The van der Waals surface area contributed by atoms with Crippen molar-refractivity contribution in [1.82, 2.24) is 0 Å². The molecule has 0 saturated heterocycles. The molecule has 0 spiro atoms. The quantitative estimate of drug-likeness (QED) is 0.548. The van der Waals surface area contributed by atoms with Crippen molar-refractivity contribution in [3.8, 4) is 12.3 Å². The van der Waals surface area contributed by atoms with Crippen molar-refractivity contribution in [2.45, 2.75) is 46.1 Å². The third kappa shape index (κ3) is 2.71. The van der Waals surface area contributed by atoms with E-state index in [1.807, 2.05) is 20.8 Å². The molecule has 12 heavy (non-hydrogen) atoms. The van der Waals surface area contributed by atoms with Crippen LogP contribution in [0.2, 0.25) is 0 Å². The van der Waals surface area contributed by atoms with Gasteiger partial charge in [-0.2, -0.15) is 0 Å². The molecule has 0 aromatic carbocycles. The smallest absolute Gasteiger partial charge is 0.0759 e. The Bertz CT molecular complexity index is 196. The van der Waals surface area contributed by atoms with E-state index in [-0.39, 0.29) is 6.10 Å². The molecule has 0 saturated carbocycles. The maximum Gasteiger partial charge on any atom is 0.0759 e. The second-order valence-corrected chi connectivity index (χ2v) is 2.71. The molecule has 1 rings (SSSR count). The molecule has 1 atom stereocenters. The summed E-state index contributed by atoms with van der Waals surface area (Å²) in [4.78, 5) is 0. The summed E-state index contributed by atoms with van der Waals surface area (Å²) in [5.41, 5.74) is 1.99. The monoisotopic (exact) mass is 166 g/mol. The normalized spacial score (nSPS) is 22.4. The molecule has 0 radical (unpaired) electrons. The minimum absolute atomic E-state index is 0.278. The van der Waals surface area contributed by atoms with Crippen molar-refractivity contribution in [2.24, 2.45) is 0 Å². The molecule has 0 heterocycles. The lowest BCUT2D eigenvalue weighted by Gasteiger charge is -2.18. The van der Waals surface area contributed by atoms with Gasteiger partial charge in [0.2, 0.25) is 0 Å². The largest absolute Gasteiger partial charge is 0.389 e. The summed E-state index contributed by atoms with van der Waals surface area (Å²) in [6.45, 7) is 5.92. The molecule has 1 N–H and O–H groups in total. The highest BCUT2D eigenvalue weighted by Crippen LogP contribution is 2.23. The van der Waals surface area contributed by atoms with Crippen LogP contribution in [0.15, 0.2) is 11.1 Å². The second-order valence-electron chi connectivity index (χ2n) is 2.71. The van der Waals surface area contributed by atoms with Crippen LogP contribution in [-0.4, -0.2) is 11.2 Å². The Hall–Kier alpha value is -0.740. The Morgan fingerprint density at radius 3 is 2.50 bits per heavy atom. The Morgan fingerprint density at radius 1 is 1.50 bits per heavy atom. The first kappa shape index (κ1) is 11.3. The number of rotatable bonds is 0. The Labute approximate surface area is 75.5 Å². The van der Waals surface area contributed by atoms with Gasteiger partial charge in [0.25, 0.3) is 0 Å². The van der Waals surface area contributed by atoms with Gasteiger partial charge in [-0.05, 0) is 31.8 Å². The van der Waals surface area contributed by atoms with Crippen LogP contribution >= 0.6 is 0 Å². The molecule has 1 aliphatic rings. The molecular formula is C11H18O. The van der Waals surface area contributed by atoms with Gasteiger partial charge in [0.05, 0.1) is 6.10 Å². The van der Waals surface area contributed by atoms with E-state index in [2.05, 4.69) is 5.92 Å². The zero-order chi connectivity index (χ0) is 9.56. The molecule has 1 unspecified atom stereocenters. The van der Waals surface area contributed by atoms with E-state index in [9.17, 15) is 5.11 Å². The van der Waals surface area contributed by atoms with Gasteiger partial charge in [0, 0.05) is 5.57 Å². The fourth-order valence-electron chi connectivity index (χ4n) is 1.27. The van der Waals surface area contributed by atoms with Crippen LogP contribution in [0.25, 0.3) is 0 Å². The highest BCUT2D eigenvalue weighted by atomic mass is 16.3. The number of allylic oxidation sites excluding steroid dienone is 1. The van der Waals surface area contributed by atoms with Gasteiger partial charge in [-0.15, -0.1) is 6.42 Å². The Morgan fingerprint density at radius 2 is 2.08 bits per heavy atom. The topological polar surface area (TPSA) is 20.2 Å². The van der Waals surface area contributed by atoms with Crippen LogP contribution in [0.3, 0.4) is 0 Å². The van der Waals surface area contributed by atoms with E-state index in [4.69, 9.17) is 6.42 Å². The zero-order valence-corrected chi connectivity index (χ0v) is 8.22. The van der Waals surface area contributed by atoms with Crippen molar-refractivity contribution >= 4 is 0 Å². The SMILES string of the molecule is C#CC1=C(C)C(O)CCC1.CC. The average Bonchev–Trinajstić information content (AvgIpc) is 2.13. The standard InChI is InChI=1S/C9H12O.C2H6/c1-3-8-5-4-6-9(10)7(8)2;1-2/h1,9-10H,4-6H2,2H3;1-2H3. The van der Waals surface area contributed by atoms with Crippen LogP contribution in [-0.2, 0) is 0 Å². The number of terminal acetylenes is 1. The van der Waals surface area contributed by atoms with Gasteiger partial charge < -0.3 is 5.11 Å². The number of hydrogen-bond donors (Lipinski definition) is 1. The lowest BCUT2D eigenvalue weighted by molar-refractivity contribution is 0.190.